The molecule has 2 amide bonds. The summed E-state index contributed by atoms with van der Waals surface area (Å²) >= 11 is 1.40. The number of benzene rings is 1. The van der Waals surface area contributed by atoms with Crippen LogP contribution in [0.15, 0.2) is 42.7 Å². The molecule has 1 aliphatic heterocycles. The van der Waals surface area contributed by atoms with Gasteiger partial charge in [0.25, 0.3) is 11.8 Å². The molecule has 3 aromatic rings. The van der Waals surface area contributed by atoms with E-state index in [0.29, 0.717) is 36.6 Å². The molecule has 3 heterocycles. The summed E-state index contributed by atoms with van der Waals surface area (Å²) in [5.41, 5.74) is 2.77. The quantitative estimate of drug-likeness (QED) is 0.739. The van der Waals surface area contributed by atoms with Crippen LogP contribution in [0.4, 0.5) is 5.69 Å². The minimum atomic E-state index is -0.202. The van der Waals surface area contributed by atoms with Gasteiger partial charge >= 0.3 is 0 Å². The number of para-hydroxylation sites is 1. The molecule has 0 unspecified atom stereocenters. The molecule has 0 fully saturated rings. The zero-order chi connectivity index (χ0) is 19.5. The summed E-state index contributed by atoms with van der Waals surface area (Å²) < 4.78 is 0. The van der Waals surface area contributed by atoms with E-state index in [1.807, 2.05) is 37.3 Å². The van der Waals surface area contributed by atoms with E-state index in [4.69, 9.17) is 0 Å². The summed E-state index contributed by atoms with van der Waals surface area (Å²) in [6.07, 6.45) is 4.41. The number of aryl methyl sites for hydroxylation is 1. The molecule has 0 radical (unpaired) electrons. The molecule has 4 rings (SSSR count). The highest BCUT2D eigenvalue weighted by Crippen LogP contribution is 2.24. The van der Waals surface area contributed by atoms with Gasteiger partial charge in [-0.1, -0.05) is 18.2 Å². The number of aromatic nitrogens is 3. The van der Waals surface area contributed by atoms with E-state index in [0.717, 1.165) is 22.0 Å². The van der Waals surface area contributed by atoms with Gasteiger partial charge in [0.2, 0.25) is 0 Å². The van der Waals surface area contributed by atoms with Crippen LogP contribution >= 0.6 is 11.3 Å². The number of rotatable bonds is 3. The van der Waals surface area contributed by atoms with Crippen molar-refractivity contribution in [2.24, 2.45) is 0 Å². The molecule has 0 saturated heterocycles. The highest BCUT2D eigenvalue weighted by atomic mass is 32.1. The molecule has 0 spiro atoms. The van der Waals surface area contributed by atoms with Gasteiger partial charge in [0.15, 0.2) is 5.01 Å². The van der Waals surface area contributed by atoms with Crippen molar-refractivity contribution in [3.8, 4) is 0 Å². The van der Waals surface area contributed by atoms with E-state index in [-0.39, 0.29) is 11.8 Å². The average Bonchev–Trinajstić information content (AvgIpc) is 3.02. The number of carbonyl (C=O) groups is 2. The molecule has 8 heteroatoms. The molecule has 0 saturated carbocycles. The van der Waals surface area contributed by atoms with Crippen molar-refractivity contribution in [3.63, 3.8) is 0 Å². The van der Waals surface area contributed by atoms with Gasteiger partial charge in [0.05, 0.1) is 17.6 Å². The number of hydrogen-bond donors (Lipinski definition) is 1. The second-order valence-corrected chi connectivity index (χ2v) is 7.63. The van der Waals surface area contributed by atoms with E-state index in [9.17, 15) is 9.59 Å². The maximum Gasteiger partial charge on any atom is 0.284 e. The van der Waals surface area contributed by atoms with Crippen LogP contribution in [0, 0.1) is 6.92 Å². The first kappa shape index (κ1) is 18.2. The fourth-order valence-electron chi connectivity index (χ4n) is 3.03. The predicted octanol–water partition coefficient (Wildman–Crippen LogP) is 2.73. The molecule has 1 aliphatic rings. The van der Waals surface area contributed by atoms with Crippen molar-refractivity contribution in [2.75, 3.05) is 18.4 Å². The summed E-state index contributed by atoms with van der Waals surface area (Å²) in [5, 5.41) is 3.32. The smallest absolute Gasteiger partial charge is 0.284 e. The number of anilines is 1. The van der Waals surface area contributed by atoms with Gasteiger partial charge in [-0.15, -0.1) is 11.3 Å². The fraction of sp³-hybridized carbons (Fsp3) is 0.250. The summed E-state index contributed by atoms with van der Waals surface area (Å²) in [6.45, 7) is 2.95. The monoisotopic (exact) mass is 393 g/mol. The molecule has 142 valence electrons. The maximum atomic E-state index is 12.7. The second-order valence-electron chi connectivity index (χ2n) is 6.54. The van der Waals surface area contributed by atoms with Gasteiger partial charge in [0, 0.05) is 42.7 Å². The fourth-order valence-corrected chi connectivity index (χ4v) is 4.03. The highest BCUT2D eigenvalue weighted by molar-refractivity contribution is 7.13. The van der Waals surface area contributed by atoms with Gasteiger partial charge in [-0.2, -0.15) is 0 Å². The van der Waals surface area contributed by atoms with Gasteiger partial charge in [-0.3, -0.25) is 14.6 Å². The minimum absolute atomic E-state index is 0.121. The zero-order valence-electron chi connectivity index (χ0n) is 15.4. The molecule has 0 bridgehead atoms. The lowest BCUT2D eigenvalue weighted by Gasteiger charge is -2.19. The largest absolute Gasteiger partial charge is 0.337 e. The van der Waals surface area contributed by atoms with Crippen LogP contribution < -0.4 is 5.32 Å². The Morgan fingerprint density at radius 2 is 1.86 bits per heavy atom. The molecule has 28 heavy (non-hydrogen) atoms. The lowest BCUT2D eigenvalue weighted by molar-refractivity contribution is 0.0756. The van der Waals surface area contributed by atoms with Gasteiger partial charge in [0.1, 0.15) is 5.69 Å². The number of nitrogens with one attached hydrogen (secondary N) is 1. The Hall–Kier alpha value is -3.13. The van der Waals surface area contributed by atoms with Gasteiger partial charge in [-0.25, -0.2) is 9.97 Å². The lowest BCUT2D eigenvalue weighted by Crippen LogP contribution is -2.34. The average molecular weight is 393 g/mol. The lowest BCUT2D eigenvalue weighted by atomic mass is 10.2. The second kappa shape index (κ2) is 7.85. The van der Waals surface area contributed by atoms with E-state index in [1.54, 1.807) is 11.1 Å². The van der Waals surface area contributed by atoms with Crippen molar-refractivity contribution in [1.82, 2.24) is 19.9 Å². The number of nitrogens with zero attached hydrogens (tertiary/aromatic N) is 4. The summed E-state index contributed by atoms with van der Waals surface area (Å²) in [6, 6.07) is 9.33. The molecule has 7 nitrogen and oxygen atoms in total. The summed E-state index contributed by atoms with van der Waals surface area (Å²) in [7, 11) is 0. The Balaban J connectivity index is 1.43. The van der Waals surface area contributed by atoms with Crippen molar-refractivity contribution in [3.05, 3.63) is 69.7 Å². The maximum absolute atomic E-state index is 12.7. The van der Waals surface area contributed by atoms with Crippen LogP contribution in [0.5, 0.6) is 0 Å². The van der Waals surface area contributed by atoms with Crippen LogP contribution in [0.25, 0.3) is 0 Å². The Bertz CT molecular complexity index is 976. The highest BCUT2D eigenvalue weighted by Gasteiger charge is 2.24. The number of hydrogen-bond acceptors (Lipinski definition) is 6. The normalized spacial score (nSPS) is 13.5. The van der Waals surface area contributed by atoms with Crippen molar-refractivity contribution >= 4 is 28.8 Å². The first-order valence-electron chi connectivity index (χ1n) is 9.03. The van der Waals surface area contributed by atoms with Crippen LogP contribution in [-0.2, 0) is 12.8 Å². The number of carbonyl (C=O) groups excluding carboxylic acids is 2. The van der Waals surface area contributed by atoms with Gasteiger partial charge < -0.3 is 10.2 Å². The van der Waals surface area contributed by atoms with Crippen LogP contribution in [0.1, 0.15) is 36.6 Å². The van der Waals surface area contributed by atoms with Crippen LogP contribution in [0.3, 0.4) is 0 Å². The number of thiazole rings is 1. The van der Waals surface area contributed by atoms with E-state index >= 15 is 0 Å². The molecule has 2 aromatic heterocycles. The first-order chi connectivity index (χ1) is 13.6. The third-order valence-corrected chi connectivity index (χ3v) is 5.67. The van der Waals surface area contributed by atoms with Crippen LogP contribution in [0.2, 0.25) is 0 Å². The van der Waals surface area contributed by atoms with Gasteiger partial charge in [-0.05, 0) is 19.1 Å². The third kappa shape index (κ3) is 3.91. The minimum Gasteiger partial charge on any atom is -0.337 e. The summed E-state index contributed by atoms with van der Waals surface area (Å²) in [4.78, 5) is 40.8. The van der Waals surface area contributed by atoms with Crippen molar-refractivity contribution in [1.29, 1.82) is 0 Å². The number of amides is 2. The van der Waals surface area contributed by atoms with E-state index in [2.05, 4.69) is 20.3 Å². The molecule has 1 aromatic carbocycles. The predicted molar refractivity (Wildman–Crippen MR) is 107 cm³/mol. The Labute approximate surface area is 166 Å². The SMILES string of the molecule is Cc1cnc(C(=O)N2CCc3nc(C(=O)Nc4ccccc4)sc3CC2)cn1. The zero-order valence-corrected chi connectivity index (χ0v) is 16.2. The van der Waals surface area contributed by atoms with Crippen molar-refractivity contribution < 1.29 is 9.59 Å². The first-order valence-corrected chi connectivity index (χ1v) is 9.85. The molecular weight excluding hydrogens is 374 g/mol. The summed E-state index contributed by atoms with van der Waals surface area (Å²) in [5.74, 6) is -0.322. The molecular formula is C20H19N5O2S. The van der Waals surface area contributed by atoms with Crippen molar-refractivity contribution in [2.45, 2.75) is 19.8 Å². The molecule has 0 atom stereocenters. The van der Waals surface area contributed by atoms with E-state index in [1.165, 1.54) is 17.5 Å². The van der Waals surface area contributed by atoms with Crippen LogP contribution in [-0.4, -0.2) is 44.8 Å². The Morgan fingerprint density at radius 3 is 2.61 bits per heavy atom. The Morgan fingerprint density at radius 1 is 1.07 bits per heavy atom. The Kier molecular flexibility index (Phi) is 5.12. The standard InChI is InChI=1S/C20H19N5O2S/c1-13-11-22-16(12-21-13)20(27)25-9-7-15-17(8-10-25)28-19(24-15)18(26)23-14-5-3-2-4-6-14/h2-6,11-12H,7-10H2,1H3,(H,23,26). The third-order valence-electron chi connectivity index (χ3n) is 4.52. The molecule has 0 aliphatic carbocycles. The van der Waals surface area contributed by atoms with E-state index < -0.39 is 0 Å². The molecule has 1 N–H and O–H groups in total. The number of fused-ring (bicyclic) bond motifs is 1. The topological polar surface area (TPSA) is 88.1 Å².